The topological polar surface area (TPSA) is 78.7 Å². The van der Waals surface area contributed by atoms with Crippen molar-refractivity contribution in [1.82, 2.24) is 0 Å². The van der Waals surface area contributed by atoms with Gasteiger partial charge in [-0.05, 0) is 0 Å². The zero-order valence-electron chi connectivity index (χ0n) is 8.52. The summed E-state index contributed by atoms with van der Waals surface area (Å²) in [6.07, 6.45) is 2.37. The SMILES string of the molecule is COC1=[N+](C)CCC1.COS(=O)(=O)[O-]. The van der Waals surface area contributed by atoms with Crippen LogP contribution in [-0.2, 0) is 19.3 Å². The normalized spacial score (nSPS) is 16.3. The number of methoxy groups -OCH3 is 1. The van der Waals surface area contributed by atoms with Crippen molar-refractivity contribution in [2.75, 3.05) is 27.8 Å². The average Bonchev–Trinajstić information content (AvgIpc) is 2.51. The van der Waals surface area contributed by atoms with E-state index in [2.05, 4.69) is 15.8 Å². The molecule has 0 aromatic carbocycles. The second kappa shape index (κ2) is 5.94. The van der Waals surface area contributed by atoms with Crippen molar-refractivity contribution in [3.05, 3.63) is 0 Å². The van der Waals surface area contributed by atoms with Gasteiger partial charge in [-0.1, -0.05) is 0 Å². The largest absolute Gasteiger partial charge is 0.726 e. The highest BCUT2D eigenvalue weighted by Gasteiger charge is 2.17. The van der Waals surface area contributed by atoms with Gasteiger partial charge < -0.3 is 9.29 Å². The first-order valence-electron chi connectivity index (χ1n) is 4.03. The predicted molar refractivity (Wildman–Crippen MR) is 49.0 cm³/mol. The molecule has 0 aromatic rings. The molecule has 0 saturated heterocycles. The molecule has 1 aliphatic heterocycles. The summed E-state index contributed by atoms with van der Waals surface area (Å²) in [5.74, 6) is 1.13. The fourth-order valence-corrected chi connectivity index (χ4v) is 1.04. The van der Waals surface area contributed by atoms with Crippen LogP contribution in [0.3, 0.4) is 0 Å². The first-order valence-corrected chi connectivity index (χ1v) is 5.36. The van der Waals surface area contributed by atoms with E-state index in [0.29, 0.717) is 0 Å². The molecule has 0 saturated carbocycles. The van der Waals surface area contributed by atoms with Crippen LogP contribution in [-0.4, -0.2) is 51.3 Å². The molecule has 0 atom stereocenters. The lowest BCUT2D eigenvalue weighted by Gasteiger charge is -1.98. The van der Waals surface area contributed by atoms with Gasteiger partial charge in [-0.2, -0.15) is 0 Å². The molecule has 1 aliphatic rings. The Balaban J connectivity index is 0.000000255. The molecule has 0 unspecified atom stereocenters. The predicted octanol–water partition coefficient (Wildman–Crippen LogP) is -0.440. The third-order valence-electron chi connectivity index (χ3n) is 1.75. The minimum Gasteiger partial charge on any atom is -0.726 e. The Hall–Kier alpha value is -0.660. The van der Waals surface area contributed by atoms with E-state index in [-0.39, 0.29) is 0 Å². The van der Waals surface area contributed by atoms with Crippen molar-refractivity contribution in [3.8, 4) is 0 Å². The van der Waals surface area contributed by atoms with Crippen LogP contribution in [0.15, 0.2) is 0 Å². The quantitative estimate of drug-likeness (QED) is 0.343. The summed E-state index contributed by atoms with van der Waals surface area (Å²) in [6.45, 7) is 1.16. The van der Waals surface area contributed by atoms with Crippen LogP contribution in [0.5, 0.6) is 0 Å². The Bertz CT molecular complexity index is 295. The minimum absolute atomic E-state index is 0.808. The van der Waals surface area contributed by atoms with Crippen molar-refractivity contribution in [1.29, 1.82) is 0 Å². The van der Waals surface area contributed by atoms with Crippen molar-refractivity contribution >= 4 is 16.3 Å². The number of hydrogen-bond acceptors (Lipinski definition) is 5. The molecular weight excluding hydrogens is 210 g/mol. The molecule has 0 aromatic heterocycles. The van der Waals surface area contributed by atoms with Gasteiger partial charge in [0, 0.05) is 6.42 Å². The maximum Gasteiger partial charge on any atom is 0.335 e. The molecule has 0 bridgehead atoms. The van der Waals surface area contributed by atoms with Crippen LogP contribution < -0.4 is 0 Å². The Morgan fingerprint density at radius 2 is 1.93 bits per heavy atom. The van der Waals surface area contributed by atoms with Gasteiger partial charge in [-0.25, -0.2) is 13.0 Å². The van der Waals surface area contributed by atoms with Crippen LogP contribution in [0, 0.1) is 0 Å². The van der Waals surface area contributed by atoms with Gasteiger partial charge in [0.15, 0.2) is 0 Å². The standard InChI is InChI=1S/C6H12NO.CH4O4S/c1-7-5-3-4-6(7)8-2;1-5-6(2,3)4/h3-5H2,1-2H3;1H3,(H,2,3,4)/q+1;/p-1. The van der Waals surface area contributed by atoms with E-state index in [4.69, 9.17) is 4.74 Å². The molecule has 0 aliphatic carbocycles. The van der Waals surface area contributed by atoms with Crippen LogP contribution in [0.1, 0.15) is 12.8 Å². The Labute approximate surface area is 84.1 Å². The lowest BCUT2D eigenvalue weighted by atomic mass is 10.4. The molecule has 1 heterocycles. The molecule has 7 heteroatoms. The van der Waals surface area contributed by atoms with E-state index in [0.717, 1.165) is 26.0 Å². The third kappa shape index (κ3) is 5.90. The van der Waals surface area contributed by atoms with Gasteiger partial charge >= 0.3 is 5.90 Å². The summed E-state index contributed by atoms with van der Waals surface area (Å²) >= 11 is 0. The highest BCUT2D eigenvalue weighted by molar-refractivity contribution is 7.80. The van der Waals surface area contributed by atoms with E-state index < -0.39 is 10.4 Å². The summed E-state index contributed by atoms with van der Waals surface area (Å²) in [5, 5.41) is 0. The fourth-order valence-electron chi connectivity index (χ4n) is 1.04. The molecule has 0 fully saturated rings. The van der Waals surface area contributed by atoms with Gasteiger partial charge in [0.25, 0.3) is 0 Å². The number of ether oxygens (including phenoxy) is 1. The van der Waals surface area contributed by atoms with Crippen molar-refractivity contribution in [2.24, 2.45) is 0 Å². The third-order valence-corrected chi connectivity index (χ3v) is 2.16. The Kier molecular flexibility index (Phi) is 5.66. The number of nitrogens with zero attached hydrogens (tertiary/aromatic N) is 1. The Morgan fingerprint density at radius 3 is 2.07 bits per heavy atom. The van der Waals surface area contributed by atoms with E-state index in [1.54, 1.807) is 7.11 Å². The lowest BCUT2D eigenvalue weighted by molar-refractivity contribution is -0.496. The van der Waals surface area contributed by atoms with E-state index in [1.807, 2.05) is 0 Å². The molecule has 0 spiro atoms. The van der Waals surface area contributed by atoms with Crippen molar-refractivity contribution in [3.63, 3.8) is 0 Å². The fraction of sp³-hybridized carbons (Fsp3) is 0.857. The highest BCUT2D eigenvalue weighted by Crippen LogP contribution is 2.01. The number of hydrogen-bond donors (Lipinski definition) is 0. The smallest absolute Gasteiger partial charge is 0.335 e. The zero-order valence-corrected chi connectivity index (χ0v) is 9.33. The summed E-state index contributed by atoms with van der Waals surface area (Å²) in [5.41, 5.74) is 0. The Morgan fingerprint density at radius 1 is 1.43 bits per heavy atom. The first-order chi connectivity index (χ1) is 6.40. The van der Waals surface area contributed by atoms with Gasteiger partial charge in [-0.3, -0.25) is 4.18 Å². The van der Waals surface area contributed by atoms with E-state index >= 15 is 0 Å². The minimum atomic E-state index is -4.41. The summed E-state index contributed by atoms with van der Waals surface area (Å²) in [4.78, 5) is 0. The average molecular weight is 225 g/mol. The summed E-state index contributed by atoms with van der Waals surface area (Å²) in [6, 6.07) is 0. The first kappa shape index (κ1) is 13.3. The number of rotatable bonds is 1. The molecule has 14 heavy (non-hydrogen) atoms. The molecule has 1 rings (SSSR count). The van der Waals surface area contributed by atoms with Crippen molar-refractivity contribution in [2.45, 2.75) is 12.8 Å². The molecule has 84 valence electrons. The molecule has 6 nitrogen and oxygen atoms in total. The second-order valence-electron chi connectivity index (χ2n) is 2.70. The van der Waals surface area contributed by atoms with Gasteiger partial charge in [0.2, 0.25) is 10.4 Å². The van der Waals surface area contributed by atoms with Crippen LogP contribution in [0.4, 0.5) is 0 Å². The van der Waals surface area contributed by atoms with Gasteiger partial charge in [0.05, 0.1) is 20.6 Å². The van der Waals surface area contributed by atoms with Crippen LogP contribution in [0.2, 0.25) is 0 Å². The van der Waals surface area contributed by atoms with E-state index in [9.17, 15) is 13.0 Å². The monoisotopic (exact) mass is 225 g/mol. The summed E-state index contributed by atoms with van der Waals surface area (Å²) in [7, 11) is 0.190. The molecule has 0 N–H and O–H groups in total. The van der Waals surface area contributed by atoms with Crippen LogP contribution >= 0.6 is 0 Å². The maximum atomic E-state index is 9.22. The summed E-state index contributed by atoms with van der Waals surface area (Å²) < 4.78 is 38.2. The maximum absolute atomic E-state index is 9.22. The van der Waals surface area contributed by atoms with Gasteiger partial charge in [0.1, 0.15) is 13.6 Å². The zero-order chi connectivity index (χ0) is 11.2. The van der Waals surface area contributed by atoms with Crippen molar-refractivity contribution < 1.29 is 26.5 Å². The lowest BCUT2D eigenvalue weighted by Crippen LogP contribution is -2.10. The molecular formula is C7H15NO5S. The second-order valence-corrected chi connectivity index (χ2v) is 3.85. The molecule has 0 radical (unpaired) electrons. The van der Waals surface area contributed by atoms with Crippen LogP contribution in [0.25, 0.3) is 0 Å². The molecule has 0 amide bonds. The van der Waals surface area contributed by atoms with Gasteiger partial charge in [-0.15, -0.1) is 0 Å². The highest BCUT2D eigenvalue weighted by atomic mass is 32.3. The van der Waals surface area contributed by atoms with E-state index in [1.165, 1.54) is 6.42 Å².